The summed E-state index contributed by atoms with van der Waals surface area (Å²) in [5.41, 5.74) is 3.98. The van der Waals surface area contributed by atoms with E-state index in [4.69, 9.17) is 10.00 Å². The minimum atomic E-state index is -0.449. The summed E-state index contributed by atoms with van der Waals surface area (Å²) < 4.78 is 5.54. The van der Waals surface area contributed by atoms with Gasteiger partial charge in [-0.25, -0.2) is 0 Å². The Hall–Kier alpha value is -4.38. The van der Waals surface area contributed by atoms with E-state index in [0.29, 0.717) is 35.8 Å². The highest BCUT2D eigenvalue weighted by molar-refractivity contribution is 5.75. The topological polar surface area (TPSA) is 103 Å². The molecule has 0 radical (unpaired) electrons. The van der Waals surface area contributed by atoms with Gasteiger partial charge in [-0.1, -0.05) is 13.3 Å². The van der Waals surface area contributed by atoms with Crippen molar-refractivity contribution in [1.29, 1.82) is 5.26 Å². The third kappa shape index (κ3) is 8.34. The molecule has 8 nitrogen and oxygen atoms in total. The molecule has 0 aliphatic carbocycles. The predicted molar refractivity (Wildman–Crippen MR) is 150 cm³/mol. The molecule has 0 unspecified atom stereocenters. The van der Waals surface area contributed by atoms with Crippen molar-refractivity contribution in [3.63, 3.8) is 0 Å². The Kier molecular flexibility index (Phi) is 10.2. The molecule has 0 aromatic heterocycles. The van der Waals surface area contributed by atoms with E-state index in [1.54, 1.807) is 24.3 Å². The normalized spacial score (nSPS) is 11.6. The molecule has 8 heteroatoms. The third-order valence-corrected chi connectivity index (χ3v) is 6.03. The monoisotopic (exact) mass is 510 g/mol. The van der Waals surface area contributed by atoms with Crippen molar-refractivity contribution < 1.29 is 9.53 Å². The zero-order chi connectivity index (χ0) is 27.4. The molecular weight excluding hydrogens is 476 g/mol. The van der Waals surface area contributed by atoms with Crippen LogP contribution in [0.3, 0.4) is 0 Å². The zero-order valence-corrected chi connectivity index (χ0v) is 22.5. The van der Waals surface area contributed by atoms with Crippen LogP contribution in [0.2, 0.25) is 0 Å². The van der Waals surface area contributed by atoms with Gasteiger partial charge in [0, 0.05) is 12.2 Å². The minimum absolute atomic E-state index is 0.145. The van der Waals surface area contributed by atoms with Crippen molar-refractivity contribution >= 4 is 34.4 Å². The van der Waals surface area contributed by atoms with E-state index >= 15 is 0 Å². The molecule has 0 bridgehead atoms. The third-order valence-electron chi connectivity index (χ3n) is 6.03. The maximum absolute atomic E-state index is 12.3. The number of carbonyl (C=O) groups excluding carboxylic acids is 1. The summed E-state index contributed by atoms with van der Waals surface area (Å²) in [4.78, 5) is 14.5. The summed E-state index contributed by atoms with van der Waals surface area (Å²) in [6.07, 6.45) is 1.76. The van der Waals surface area contributed by atoms with Crippen LogP contribution in [0.4, 0.5) is 28.4 Å². The summed E-state index contributed by atoms with van der Waals surface area (Å²) >= 11 is 0. The first-order chi connectivity index (χ1) is 18.3. The minimum Gasteiger partial charge on any atom is -0.463 e. The number of ether oxygens (including phenoxy) is 1. The second-order valence-corrected chi connectivity index (χ2v) is 9.44. The van der Waals surface area contributed by atoms with Crippen LogP contribution >= 0.6 is 0 Å². The average molecular weight is 511 g/mol. The average Bonchev–Trinajstić information content (AvgIpc) is 2.94. The van der Waals surface area contributed by atoms with Crippen molar-refractivity contribution in [2.75, 3.05) is 24.6 Å². The maximum atomic E-state index is 12.3. The molecule has 0 N–H and O–H groups in total. The zero-order valence-electron chi connectivity index (χ0n) is 22.5. The van der Waals surface area contributed by atoms with Crippen molar-refractivity contribution in [2.45, 2.75) is 40.5 Å². The van der Waals surface area contributed by atoms with Crippen LogP contribution in [0.15, 0.2) is 93.3 Å². The molecule has 0 fully saturated rings. The SMILES string of the molecule is CCCC(C)(C)C(=O)OCCN(CC)c1ccc(/N=N/c2ccc(/N=N/c3ccc(C#N)cc3)cc2)cc1. The van der Waals surface area contributed by atoms with Crippen molar-refractivity contribution in [3.05, 3.63) is 78.4 Å². The van der Waals surface area contributed by atoms with Gasteiger partial charge >= 0.3 is 5.97 Å². The van der Waals surface area contributed by atoms with E-state index in [0.717, 1.165) is 30.8 Å². The molecule has 0 aliphatic heterocycles. The predicted octanol–water partition coefficient (Wildman–Crippen LogP) is 8.58. The second-order valence-electron chi connectivity index (χ2n) is 9.44. The highest BCUT2D eigenvalue weighted by atomic mass is 16.5. The molecular formula is C30H34N6O2. The van der Waals surface area contributed by atoms with E-state index in [2.05, 4.69) is 45.3 Å². The molecule has 196 valence electrons. The van der Waals surface area contributed by atoms with E-state index in [1.165, 1.54) is 0 Å². The first-order valence-corrected chi connectivity index (χ1v) is 12.8. The largest absolute Gasteiger partial charge is 0.463 e. The number of azo groups is 2. The smallest absolute Gasteiger partial charge is 0.311 e. The number of carbonyl (C=O) groups is 1. The number of hydrogen-bond acceptors (Lipinski definition) is 8. The number of rotatable bonds is 12. The first kappa shape index (κ1) is 28.2. The summed E-state index contributed by atoms with van der Waals surface area (Å²) in [6.45, 7) is 9.79. The summed E-state index contributed by atoms with van der Waals surface area (Å²) in [7, 11) is 0. The molecule has 0 spiro atoms. The number of esters is 1. The van der Waals surface area contributed by atoms with Gasteiger partial charge in [0.1, 0.15) is 6.61 Å². The second kappa shape index (κ2) is 13.8. The van der Waals surface area contributed by atoms with E-state index < -0.39 is 5.41 Å². The van der Waals surface area contributed by atoms with Gasteiger partial charge in [0.15, 0.2) is 0 Å². The molecule has 3 aromatic carbocycles. The Morgan fingerprint density at radius 1 is 0.816 bits per heavy atom. The Balaban J connectivity index is 1.53. The number of anilines is 1. The highest BCUT2D eigenvalue weighted by Gasteiger charge is 2.28. The van der Waals surface area contributed by atoms with Crippen molar-refractivity contribution in [2.24, 2.45) is 25.9 Å². The van der Waals surface area contributed by atoms with Crippen LogP contribution in [0.1, 0.15) is 46.1 Å². The fraction of sp³-hybridized carbons (Fsp3) is 0.333. The van der Waals surface area contributed by atoms with Crippen molar-refractivity contribution in [3.8, 4) is 6.07 Å². The highest BCUT2D eigenvalue weighted by Crippen LogP contribution is 2.26. The molecule has 0 aliphatic rings. The lowest BCUT2D eigenvalue weighted by molar-refractivity contribution is -0.154. The summed E-state index contributed by atoms with van der Waals surface area (Å²) in [5.74, 6) is -0.145. The first-order valence-electron chi connectivity index (χ1n) is 12.8. The molecule has 0 atom stereocenters. The number of likely N-dealkylation sites (N-methyl/N-ethyl adjacent to an activating group) is 1. The number of hydrogen-bond donors (Lipinski definition) is 0. The maximum Gasteiger partial charge on any atom is 0.311 e. The number of benzene rings is 3. The van der Waals surface area contributed by atoms with Crippen LogP contribution in [0.5, 0.6) is 0 Å². The van der Waals surface area contributed by atoms with E-state index in [9.17, 15) is 4.79 Å². The van der Waals surface area contributed by atoms with Gasteiger partial charge in [-0.05, 0) is 100.0 Å². The number of nitriles is 1. The van der Waals surface area contributed by atoms with Gasteiger partial charge in [-0.2, -0.15) is 25.7 Å². The van der Waals surface area contributed by atoms with Crippen LogP contribution in [0.25, 0.3) is 0 Å². The van der Waals surface area contributed by atoms with Gasteiger partial charge in [0.2, 0.25) is 0 Å². The molecule has 38 heavy (non-hydrogen) atoms. The molecule has 0 saturated heterocycles. The molecule has 0 heterocycles. The van der Waals surface area contributed by atoms with Gasteiger partial charge in [-0.15, -0.1) is 0 Å². The fourth-order valence-corrected chi connectivity index (χ4v) is 3.79. The van der Waals surface area contributed by atoms with Crippen LogP contribution < -0.4 is 4.90 Å². The lowest BCUT2D eigenvalue weighted by Crippen LogP contribution is -2.32. The van der Waals surface area contributed by atoms with Gasteiger partial charge in [0.25, 0.3) is 0 Å². The summed E-state index contributed by atoms with van der Waals surface area (Å²) in [5, 5.41) is 25.9. The van der Waals surface area contributed by atoms with E-state index in [-0.39, 0.29) is 5.97 Å². The Morgan fingerprint density at radius 2 is 1.26 bits per heavy atom. The van der Waals surface area contributed by atoms with Gasteiger partial charge in [0.05, 0.1) is 46.3 Å². The van der Waals surface area contributed by atoms with Crippen LogP contribution in [0, 0.1) is 16.7 Å². The Labute approximate surface area is 224 Å². The van der Waals surface area contributed by atoms with E-state index in [1.807, 2.05) is 62.4 Å². The Bertz CT molecular complexity index is 1270. The lowest BCUT2D eigenvalue weighted by atomic mass is 9.88. The van der Waals surface area contributed by atoms with Crippen molar-refractivity contribution in [1.82, 2.24) is 0 Å². The molecule has 0 saturated carbocycles. The quantitative estimate of drug-likeness (QED) is 0.180. The molecule has 3 aromatic rings. The number of nitrogens with zero attached hydrogens (tertiary/aromatic N) is 6. The summed E-state index contributed by atoms with van der Waals surface area (Å²) in [6, 6.07) is 24.1. The standard InChI is InChI=1S/C30H34N6O2/c1-5-19-30(3,4)29(37)38-21-20-36(6-2)28-17-15-27(16-18-28)35-34-26-13-11-25(12-14-26)33-32-24-9-7-23(22-31)8-10-24/h7-18H,5-6,19-21H2,1-4H3/b33-32+,35-34+. The lowest BCUT2D eigenvalue weighted by Gasteiger charge is -2.25. The molecule has 3 rings (SSSR count). The van der Waals surface area contributed by atoms with Gasteiger partial charge in [-0.3, -0.25) is 4.79 Å². The Morgan fingerprint density at radius 3 is 1.68 bits per heavy atom. The van der Waals surface area contributed by atoms with Gasteiger partial charge < -0.3 is 9.64 Å². The fourth-order valence-electron chi connectivity index (χ4n) is 3.79. The van der Waals surface area contributed by atoms with Crippen LogP contribution in [-0.2, 0) is 9.53 Å². The molecule has 0 amide bonds. The van der Waals surface area contributed by atoms with Crippen LogP contribution in [-0.4, -0.2) is 25.7 Å².